The Morgan fingerprint density at radius 2 is 1.12 bits per heavy atom. The van der Waals surface area contributed by atoms with Crippen LogP contribution in [0.3, 0.4) is 0 Å². The lowest BCUT2D eigenvalue weighted by molar-refractivity contribution is -0.164. The molecule has 3 unspecified atom stereocenters. The molecule has 0 radical (unpaired) electrons. The normalized spacial score (nSPS) is 12.8. The van der Waals surface area contributed by atoms with Crippen molar-refractivity contribution in [3.63, 3.8) is 0 Å². The van der Waals surface area contributed by atoms with Gasteiger partial charge in [0.25, 0.3) is 0 Å². The number of rotatable bonds is 14. The van der Waals surface area contributed by atoms with E-state index >= 15 is 0 Å². The first-order chi connectivity index (χ1) is 24.5. The van der Waals surface area contributed by atoms with E-state index in [0.717, 1.165) is 54.6 Å². The van der Waals surface area contributed by atoms with Crippen molar-refractivity contribution in [3.05, 3.63) is 101 Å². The van der Waals surface area contributed by atoms with Crippen molar-refractivity contribution in [1.29, 1.82) is 0 Å². The molecule has 0 saturated heterocycles. The average molecular weight is 721 g/mol. The molecule has 0 bridgehead atoms. The molecule has 0 aliphatic carbocycles. The summed E-state index contributed by atoms with van der Waals surface area (Å²) in [6.07, 6.45) is -3.50. The first kappa shape index (κ1) is 37.7. The molecule has 16 nitrogen and oxygen atoms in total. The molecule has 0 heterocycles. The van der Waals surface area contributed by atoms with Gasteiger partial charge in [0, 0.05) is 24.8 Å². The largest absolute Gasteiger partial charge is 0.504 e. The maximum Gasteiger partial charge on any atom is 0.345 e. The number of hydrogen-bond donors (Lipinski definition) is 10. The summed E-state index contributed by atoms with van der Waals surface area (Å²) in [5, 5.41) is 99.2. The Kier molecular flexibility index (Phi) is 11.7. The zero-order chi connectivity index (χ0) is 38.3. The Morgan fingerprint density at radius 1 is 0.577 bits per heavy atom. The van der Waals surface area contributed by atoms with E-state index in [2.05, 4.69) is 0 Å². The highest BCUT2D eigenvalue weighted by molar-refractivity contribution is 5.89. The summed E-state index contributed by atoms with van der Waals surface area (Å²) in [4.78, 5) is 50.2. The minimum Gasteiger partial charge on any atom is -0.504 e. The van der Waals surface area contributed by atoms with Gasteiger partial charge < -0.3 is 60.5 Å². The summed E-state index contributed by atoms with van der Waals surface area (Å²) in [6, 6.07) is 12.5. The van der Waals surface area contributed by atoms with Gasteiger partial charge in [-0.15, -0.1) is 0 Å². The molecule has 0 spiro atoms. The molecule has 0 aliphatic rings. The maximum absolute atomic E-state index is 13.3. The number of carbonyl (C=O) groups is 4. The minimum absolute atomic E-state index is 0.0509. The molecule has 0 aliphatic heterocycles. The monoisotopic (exact) mass is 720 g/mol. The number of esters is 2. The number of phenols is 8. The number of carboxylic acids is 2. The van der Waals surface area contributed by atoms with E-state index in [0.29, 0.717) is 0 Å². The SMILES string of the molecule is O=C(C=Cc1ccc(O)c(O)c1)OC(Cc1cc(O)c(O)cc1C(CC(=O)OC(Cc1ccc(O)c(O)c1)C(=O)O)c1ccc(O)c(O)c1)C(=O)O. The van der Waals surface area contributed by atoms with Crippen molar-refractivity contribution in [1.82, 2.24) is 0 Å². The van der Waals surface area contributed by atoms with E-state index < -0.39 is 107 Å². The highest BCUT2D eigenvalue weighted by atomic mass is 16.6. The maximum atomic E-state index is 13.3. The van der Waals surface area contributed by atoms with Gasteiger partial charge in [0.1, 0.15) is 0 Å². The topological polar surface area (TPSA) is 289 Å². The van der Waals surface area contributed by atoms with Gasteiger partial charge in [-0.25, -0.2) is 14.4 Å². The fourth-order valence-electron chi connectivity index (χ4n) is 5.13. The summed E-state index contributed by atoms with van der Waals surface area (Å²) in [7, 11) is 0. The number of benzene rings is 4. The first-order valence-electron chi connectivity index (χ1n) is 15.2. The van der Waals surface area contributed by atoms with Crippen LogP contribution in [0.15, 0.2) is 72.8 Å². The Bertz CT molecular complexity index is 2040. The lowest BCUT2D eigenvalue weighted by Crippen LogP contribution is -2.30. The van der Waals surface area contributed by atoms with Gasteiger partial charge >= 0.3 is 23.9 Å². The fourth-order valence-corrected chi connectivity index (χ4v) is 5.13. The molecule has 0 saturated carbocycles. The molecule has 4 rings (SSSR count). The van der Waals surface area contributed by atoms with Crippen LogP contribution >= 0.6 is 0 Å². The van der Waals surface area contributed by atoms with Crippen LogP contribution in [-0.4, -0.2) is 87.2 Å². The van der Waals surface area contributed by atoms with Crippen LogP contribution in [0, 0.1) is 0 Å². The fraction of sp³-hybridized carbons (Fsp3) is 0.167. The van der Waals surface area contributed by atoms with Crippen LogP contribution in [0.2, 0.25) is 0 Å². The van der Waals surface area contributed by atoms with Crippen molar-refractivity contribution in [2.24, 2.45) is 0 Å². The molecule has 10 N–H and O–H groups in total. The molecular weight excluding hydrogens is 688 g/mol. The van der Waals surface area contributed by atoms with Gasteiger partial charge in [-0.3, -0.25) is 4.79 Å². The summed E-state index contributed by atoms with van der Waals surface area (Å²) < 4.78 is 10.4. The second kappa shape index (κ2) is 16.1. The molecular formula is C36H32O16. The van der Waals surface area contributed by atoms with E-state index in [1.807, 2.05) is 0 Å². The van der Waals surface area contributed by atoms with Gasteiger partial charge in [0.2, 0.25) is 12.2 Å². The minimum atomic E-state index is -1.92. The highest BCUT2D eigenvalue weighted by Gasteiger charge is 2.31. The smallest absolute Gasteiger partial charge is 0.345 e. The number of hydrogen-bond acceptors (Lipinski definition) is 14. The zero-order valence-electron chi connectivity index (χ0n) is 26.8. The van der Waals surface area contributed by atoms with Gasteiger partial charge in [0.05, 0.1) is 6.42 Å². The second-order valence-electron chi connectivity index (χ2n) is 11.4. The van der Waals surface area contributed by atoms with Crippen LogP contribution in [0.1, 0.15) is 40.2 Å². The molecule has 16 heteroatoms. The number of ether oxygens (including phenoxy) is 2. The Hall–Kier alpha value is -7.10. The highest BCUT2D eigenvalue weighted by Crippen LogP contribution is 2.40. The molecule has 52 heavy (non-hydrogen) atoms. The van der Waals surface area contributed by atoms with Crippen LogP contribution in [0.25, 0.3) is 6.08 Å². The van der Waals surface area contributed by atoms with Gasteiger partial charge in [0.15, 0.2) is 46.0 Å². The predicted molar refractivity (Wildman–Crippen MR) is 177 cm³/mol. The lowest BCUT2D eigenvalue weighted by Gasteiger charge is -2.24. The van der Waals surface area contributed by atoms with Crippen LogP contribution in [-0.2, 0) is 41.5 Å². The Morgan fingerprint density at radius 3 is 1.71 bits per heavy atom. The quantitative estimate of drug-likeness (QED) is 0.0508. The summed E-state index contributed by atoms with van der Waals surface area (Å²) in [5.41, 5.74) is 0.389. The molecule has 4 aromatic rings. The Labute approximate surface area is 293 Å². The zero-order valence-corrected chi connectivity index (χ0v) is 26.8. The van der Waals surface area contributed by atoms with Crippen molar-refractivity contribution in [2.45, 2.75) is 37.4 Å². The molecule has 272 valence electrons. The van der Waals surface area contributed by atoms with E-state index in [9.17, 15) is 70.2 Å². The van der Waals surface area contributed by atoms with Crippen molar-refractivity contribution in [3.8, 4) is 46.0 Å². The summed E-state index contributed by atoms with van der Waals surface area (Å²) >= 11 is 0. The van der Waals surface area contributed by atoms with Crippen LogP contribution in [0.5, 0.6) is 46.0 Å². The number of aliphatic carboxylic acids is 2. The first-order valence-corrected chi connectivity index (χ1v) is 15.2. The van der Waals surface area contributed by atoms with Gasteiger partial charge in [-0.2, -0.15) is 0 Å². The predicted octanol–water partition coefficient (Wildman–Crippen LogP) is 3.34. The third-order valence-electron chi connectivity index (χ3n) is 7.74. The van der Waals surface area contributed by atoms with Crippen molar-refractivity contribution >= 4 is 30.0 Å². The van der Waals surface area contributed by atoms with E-state index in [1.54, 1.807) is 0 Å². The Balaban J connectivity index is 1.67. The van der Waals surface area contributed by atoms with E-state index in [-0.39, 0.29) is 27.8 Å². The molecule has 4 aromatic carbocycles. The number of phenolic OH excluding ortho intramolecular Hbond substituents is 8. The standard InChI is InChI=1S/C36H32O16/c37-23-5-1-17(9-26(23)40)3-8-33(45)51-32(36(49)50)14-20-13-29(43)30(44)15-21(20)22(19-4-7-25(39)28(42)12-19)16-34(46)52-31(35(47)48)11-18-2-6-24(38)27(41)10-18/h1-10,12-13,15,22,31-32,37-44H,11,14,16H2,(H,47,48)(H,49,50). The average Bonchev–Trinajstić information content (AvgIpc) is 3.08. The van der Waals surface area contributed by atoms with Crippen molar-refractivity contribution in [2.75, 3.05) is 0 Å². The van der Waals surface area contributed by atoms with Gasteiger partial charge in [-0.05, 0) is 82.4 Å². The summed E-state index contributed by atoms with van der Waals surface area (Å²) in [5.74, 6) is -11.3. The number of carbonyl (C=O) groups excluding carboxylic acids is 2. The lowest BCUT2D eigenvalue weighted by atomic mass is 9.83. The third-order valence-corrected chi connectivity index (χ3v) is 7.74. The molecule has 3 atom stereocenters. The second-order valence-corrected chi connectivity index (χ2v) is 11.4. The number of aromatic hydroxyl groups is 8. The van der Waals surface area contributed by atoms with E-state index in [1.165, 1.54) is 24.3 Å². The van der Waals surface area contributed by atoms with E-state index in [4.69, 9.17) is 9.47 Å². The molecule has 0 aromatic heterocycles. The molecule has 0 fully saturated rings. The van der Waals surface area contributed by atoms with Crippen molar-refractivity contribution < 1.29 is 79.7 Å². The summed E-state index contributed by atoms with van der Waals surface area (Å²) in [6.45, 7) is 0. The number of carboxylic acid groups (broad SMARTS) is 2. The van der Waals surface area contributed by atoms with Crippen LogP contribution < -0.4 is 0 Å². The molecule has 0 amide bonds. The van der Waals surface area contributed by atoms with Crippen LogP contribution in [0.4, 0.5) is 0 Å². The van der Waals surface area contributed by atoms with Gasteiger partial charge in [-0.1, -0.05) is 18.2 Å². The third kappa shape index (κ3) is 9.53.